The normalized spacial score (nSPS) is 14.2. The first-order chi connectivity index (χ1) is 10.3. The number of methoxy groups -OCH3 is 1. The van der Waals surface area contributed by atoms with Crippen molar-refractivity contribution in [3.05, 3.63) is 53.8 Å². The lowest BCUT2D eigenvalue weighted by Crippen LogP contribution is -2.15. The molecule has 1 aliphatic rings. The number of halogens is 1. The fraction of sp³-hybridized carbons (Fsp3) is 0.294. The Hall–Kier alpha value is -1.52. The molecule has 0 spiro atoms. The van der Waals surface area contributed by atoms with E-state index in [9.17, 15) is 4.39 Å². The Labute approximate surface area is 128 Å². The molecule has 3 rings (SSSR count). The number of hydrogen-bond acceptors (Lipinski definition) is 3. The zero-order chi connectivity index (χ0) is 14.7. The second kappa shape index (κ2) is 6.50. The van der Waals surface area contributed by atoms with Gasteiger partial charge in [0.2, 0.25) is 0 Å². The molecule has 1 fully saturated rings. The van der Waals surface area contributed by atoms with Crippen LogP contribution in [0.4, 0.5) is 4.39 Å². The fourth-order valence-electron chi connectivity index (χ4n) is 2.15. The average Bonchev–Trinajstić information content (AvgIpc) is 3.32. The van der Waals surface area contributed by atoms with Gasteiger partial charge in [-0.05, 0) is 48.7 Å². The standard InChI is InChI=1S/C17H18FNOS/c1-20-15-4-2-3-5-17(15)21-16-9-6-13(18)10-12(16)11-19-14-7-8-14/h2-6,9-10,14,19H,7-8,11H2,1H3. The second-order valence-corrected chi connectivity index (χ2v) is 6.24. The van der Waals surface area contributed by atoms with Crippen molar-refractivity contribution >= 4 is 11.8 Å². The van der Waals surface area contributed by atoms with Crippen LogP contribution in [0.2, 0.25) is 0 Å². The third-order valence-electron chi connectivity index (χ3n) is 3.47. The summed E-state index contributed by atoms with van der Waals surface area (Å²) in [6, 6.07) is 13.5. The van der Waals surface area contributed by atoms with Gasteiger partial charge >= 0.3 is 0 Å². The van der Waals surface area contributed by atoms with Crippen LogP contribution in [-0.4, -0.2) is 13.2 Å². The Morgan fingerprint density at radius 3 is 2.76 bits per heavy atom. The van der Waals surface area contributed by atoms with E-state index in [1.165, 1.54) is 18.9 Å². The number of hydrogen-bond donors (Lipinski definition) is 1. The predicted octanol–water partition coefficient (Wildman–Crippen LogP) is 4.24. The SMILES string of the molecule is COc1ccccc1Sc1ccc(F)cc1CNC1CC1. The molecular formula is C17H18FNOS. The molecule has 2 nitrogen and oxygen atoms in total. The smallest absolute Gasteiger partial charge is 0.132 e. The van der Waals surface area contributed by atoms with E-state index < -0.39 is 0 Å². The maximum Gasteiger partial charge on any atom is 0.132 e. The maximum atomic E-state index is 13.5. The van der Waals surface area contributed by atoms with Gasteiger partial charge < -0.3 is 10.1 Å². The molecule has 2 aromatic carbocycles. The monoisotopic (exact) mass is 303 g/mol. The highest BCUT2D eigenvalue weighted by molar-refractivity contribution is 7.99. The molecule has 21 heavy (non-hydrogen) atoms. The van der Waals surface area contributed by atoms with Crippen molar-refractivity contribution in [2.24, 2.45) is 0 Å². The number of para-hydroxylation sites is 1. The van der Waals surface area contributed by atoms with Crippen LogP contribution in [0.3, 0.4) is 0 Å². The molecule has 1 N–H and O–H groups in total. The Morgan fingerprint density at radius 1 is 1.19 bits per heavy atom. The van der Waals surface area contributed by atoms with E-state index in [4.69, 9.17) is 4.74 Å². The quantitative estimate of drug-likeness (QED) is 0.862. The third kappa shape index (κ3) is 3.77. The minimum atomic E-state index is -0.188. The van der Waals surface area contributed by atoms with E-state index in [0.717, 1.165) is 21.1 Å². The van der Waals surface area contributed by atoms with Crippen molar-refractivity contribution in [3.8, 4) is 5.75 Å². The first kappa shape index (κ1) is 14.4. The molecule has 2 aromatic rings. The Balaban J connectivity index is 1.82. The summed E-state index contributed by atoms with van der Waals surface area (Å²) in [5, 5.41) is 3.44. The molecule has 0 radical (unpaired) electrons. The predicted molar refractivity (Wildman–Crippen MR) is 83.4 cm³/mol. The largest absolute Gasteiger partial charge is 0.496 e. The van der Waals surface area contributed by atoms with E-state index >= 15 is 0 Å². The lowest BCUT2D eigenvalue weighted by Gasteiger charge is -2.12. The summed E-state index contributed by atoms with van der Waals surface area (Å²) in [5.41, 5.74) is 0.998. The van der Waals surface area contributed by atoms with Crippen molar-refractivity contribution < 1.29 is 9.13 Å². The van der Waals surface area contributed by atoms with Crippen LogP contribution < -0.4 is 10.1 Å². The van der Waals surface area contributed by atoms with Gasteiger partial charge in [0.15, 0.2) is 0 Å². The van der Waals surface area contributed by atoms with Crippen molar-refractivity contribution in [2.45, 2.75) is 35.2 Å². The Morgan fingerprint density at radius 2 is 2.00 bits per heavy atom. The molecule has 1 saturated carbocycles. The molecule has 0 aliphatic heterocycles. The molecule has 110 valence electrons. The van der Waals surface area contributed by atoms with E-state index in [1.807, 2.05) is 30.3 Å². The fourth-order valence-corrected chi connectivity index (χ4v) is 3.18. The van der Waals surface area contributed by atoms with Crippen LogP contribution in [0.5, 0.6) is 5.75 Å². The van der Waals surface area contributed by atoms with Gasteiger partial charge in [-0.15, -0.1) is 0 Å². The number of ether oxygens (including phenoxy) is 1. The van der Waals surface area contributed by atoms with Gasteiger partial charge in [-0.2, -0.15) is 0 Å². The van der Waals surface area contributed by atoms with Crippen LogP contribution in [0.25, 0.3) is 0 Å². The van der Waals surface area contributed by atoms with Crippen molar-refractivity contribution in [1.82, 2.24) is 5.32 Å². The number of nitrogens with one attached hydrogen (secondary N) is 1. The zero-order valence-electron chi connectivity index (χ0n) is 11.9. The molecule has 1 aliphatic carbocycles. The molecule has 0 bridgehead atoms. The van der Waals surface area contributed by atoms with Crippen molar-refractivity contribution in [2.75, 3.05) is 7.11 Å². The lowest BCUT2D eigenvalue weighted by atomic mass is 10.2. The Bertz CT molecular complexity index is 628. The van der Waals surface area contributed by atoms with Gasteiger partial charge in [-0.1, -0.05) is 23.9 Å². The third-order valence-corrected chi connectivity index (χ3v) is 4.65. The molecule has 0 saturated heterocycles. The topological polar surface area (TPSA) is 21.3 Å². The molecular weight excluding hydrogens is 285 g/mol. The van der Waals surface area contributed by atoms with Crippen LogP contribution in [0.1, 0.15) is 18.4 Å². The van der Waals surface area contributed by atoms with Crippen LogP contribution in [0.15, 0.2) is 52.3 Å². The summed E-state index contributed by atoms with van der Waals surface area (Å²) in [7, 11) is 1.67. The minimum absolute atomic E-state index is 0.188. The first-order valence-corrected chi connectivity index (χ1v) is 7.90. The summed E-state index contributed by atoms with van der Waals surface area (Å²) in [4.78, 5) is 2.10. The van der Waals surface area contributed by atoms with Gasteiger partial charge in [-0.25, -0.2) is 4.39 Å². The van der Waals surface area contributed by atoms with Crippen LogP contribution in [-0.2, 0) is 6.54 Å². The molecule has 0 amide bonds. The van der Waals surface area contributed by atoms with E-state index in [2.05, 4.69) is 5.32 Å². The summed E-state index contributed by atoms with van der Waals surface area (Å²) >= 11 is 1.61. The lowest BCUT2D eigenvalue weighted by molar-refractivity contribution is 0.405. The number of rotatable bonds is 6. The number of benzene rings is 2. The van der Waals surface area contributed by atoms with Gasteiger partial charge in [0.25, 0.3) is 0 Å². The summed E-state index contributed by atoms with van der Waals surface area (Å²) in [6.07, 6.45) is 2.45. The molecule has 0 heterocycles. The van der Waals surface area contributed by atoms with Crippen molar-refractivity contribution in [1.29, 1.82) is 0 Å². The van der Waals surface area contributed by atoms with E-state index in [-0.39, 0.29) is 5.82 Å². The van der Waals surface area contributed by atoms with Crippen LogP contribution in [0, 0.1) is 5.82 Å². The van der Waals surface area contributed by atoms with Crippen molar-refractivity contribution in [3.63, 3.8) is 0 Å². The average molecular weight is 303 g/mol. The molecule has 0 unspecified atom stereocenters. The van der Waals surface area contributed by atoms with Gasteiger partial charge in [0, 0.05) is 17.5 Å². The van der Waals surface area contributed by atoms with Gasteiger partial charge in [-0.3, -0.25) is 0 Å². The Kier molecular flexibility index (Phi) is 4.46. The molecule has 0 aromatic heterocycles. The summed E-state index contributed by atoms with van der Waals surface area (Å²) in [5.74, 6) is 0.653. The van der Waals surface area contributed by atoms with Gasteiger partial charge in [0.1, 0.15) is 11.6 Å². The first-order valence-electron chi connectivity index (χ1n) is 7.09. The van der Waals surface area contributed by atoms with Crippen LogP contribution >= 0.6 is 11.8 Å². The zero-order valence-corrected chi connectivity index (χ0v) is 12.8. The second-order valence-electron chi connectivity index (χ2n) is 5.16. The van der Waals surface area contributed by atoms with E-state index in [1.54, 1.807) is 24.9 Å². The minimum Gasteiger partial charge on any atom is -0.496 e. The summed E-state index contributed by atoms with van der Waals surface area (Å²) < 4.78 is 18.9. The van der Waals surface area contributed by atoms with Gasteiger partial charge in [0.05, 0.1) is 12.0 Å². The van der Waals surface area contributed by atoms with E-state index in [0.29, 0.717) is 12.6 Å². The highest BCUT2D eigenvalue weighted by Crippen LogP contribution is 2.36. The molecule has 4 heteroatoms. The summed E-state index contributed by atoms with van der Waals surface area (Å²) in [6.45, 7) is 0.708. The highest BCUT2D eigenvalue weighted by Gasteiger charge is 2.20. The molecule has 0 atom stereocenters. The maximum absolute atomic E-state index is 13.5. The highest BCUT2D eigenvalue weighted by atomic mass is 32.2.